The monoisotopic (exact) mass is 653 g/mol. The molecule has 14 heteroatoms. The van der Waals surface area contributed by atoms with Crippen molar-refractivity contribution in [1.29, 1.82) is 5.26 Å². The van der Waals surface area contributed by atoms with Crippen LogP contribution in [0.5, 0.6) is 6.01 Å². The molecule has 1 N–H and O–H groups in total. The number of carbonyl (C=O) groups is 1. The van der Waals surface area contributed by atoms with E-state index in [1.807, 2.05) is 24.8 Å². The van der Waals surface area contributed by atoms with Crippen LogP contribution in [0.25, 0.3) is 32.9 Å². The number of nitrogens with zero attached hydrogens (tertiary/aromatic N) is 7. The van der Waals surface area contributed by atoms with E-state index in [9.17, 15) is 23.9 Å². The van der Waals surface area contributed by atoms with E-state index in [-0.39, 0.29) is 96.7 Å². The number of nitriles is 1. The van der Waals surface area contributed by atoms with Crippen molar-refractivity contribution < 1.29 is 27.8 Å². The fourth-order valence-corrected chi connectivity index (χ4v) is 6.73. The van der Waals surface area contributed by atoms with Crippen molar-refractivity contribution in [3.8, 4) is 23.3 Å². The van der Waals surface area contributed by atoms with Gasteiger partial charge in [0.25, 0.3) is 0 Å². The quantitative estimate of drug-likeness (QED) is 0.254. The van der Waals surface area contributed by atoms with Crippen molar-refractivity contribution in [2.24, 2.45) is 0 Å². The zero-order valence-corrected chi connectivity index (χ0v) is 25.9. The van der Waals surface area contributed by atoms with Gasteiger partial charge in [0.1, 0.15) is 35.6 Å². The zero-order chi connectivity index (χ0) is 32.7. The summed E-state index contributed by atoms with van der Waals surface area (Å²) in [5.41, 5.74) is 0.0320. The van der Waals surface area contributed by atoms with Crippen LogP contribution in [-0.2, 0) is 0 Å². The largest absolute Gasteiger partial charge is 0.465 e. The van der Waals surface area contributed by atoms with Crippen molar-refractivity contribution in [2.45, 2.75) is 51.0 Å². The van der Waals surface area contributed by atoms with Crippen LogP contribution in [0.1, 0.15) is 26.7 Å². The van der Waals surface area contributed by atoms with E-state index in [0.29, 0.717) is 10.8 Å². The minimum atomic E-state index is -1.14. The molecule has 2 saturated heterocycles. The van der Waals surface area contributed by atoms with E-state index in [0.717, 1.165) is 0 Å². The van der Waals surface area contributed by atoms with Gasteiger partial charge >= 0.3 is 12.1 Å². The summed E-state index contributed by atoms with van der Waals surface area (Å²) >= 11 is 6.35. The zero-order valence-electron chi connectivity index (χ0n) is 25.1. The molecule has 3 atom stereocenters. The van der Waals surface area contributed by atoms with Gasteiger partial charge in [0.2, 0.25) is 0 Å². The molecule has 0 aliphatic carbocycles. The third-order valence-electron chi connectivity index (χ3n) is 8.66. The average Bonchev–Trinajstić information content (AvgIpc) is 3.42. The summed E-state index contributed by atoms with van der Waals surface area (Å²) in [6.07, 6.45) is -0.521. The molecule has 2 aliphatic rings. The molecule has 0 radical (unpaired) electrons. The number of aromatic nitrogens is 3. The summed E-state index contributed by atoms with van der Waals surface area (Å²) in [6, 6.07) is 8.86. The number of rotatable bonds is 7. The van der Waals surface area contributed by atoms with Gasteiger partial charge in [0.15, 0.2) is 5.82 Å². The van der Waals surface area contributed by atoms with E-state index in [1.165, 1.54) is 17.2 Å². The van der Waals surface area contributed by atoms with E-state index >= 15 is 4.39 Å². The molecule has 4 heterocycles. The number of fused-ring (bicyclic) bond motifs is 2. The number of alkyl halides is 1. The van der Waals surface area contributed by atoms with Gasteiger partial charge < -0.3 is 19.6 Å². The standard InChI is InChI=1S/C32H31ClF3N7O3/c1-17(2)43-14-19(34)12-21(43)16-46-31-39-29-23(30(40-31)41-10-11-42(32(44)45)20(15-41)8-9-37)13-38-28(27(29)36)22-5-3-4-18-6-7-24(35)26(33)25(18)22/h3-7,13,17,19-21H,8,10-12,14-16H2,1-2H3,(H,44,45)/t19-,20+,21+/m1/s1. The van der Waals surface area contributed by atoms with Gasteiger partial charge in [-0.15, -0.1) is 0 Å². The molecule has 2 aromatic heterocycles. The highest BCUT2D eigenvalue weighted by Gasteiger charge is 2.35. The van der Waals surface area contributed by atoms with Gasteiger partial charge in [-0.25, -0.2) is 18.0 Å². The van der Waals surface area contributed by atoms with Crippen molar-refractivity contribution >= 4 is 45.2 Å². The van der Waals surface area contributed by atoms with Crippen molar-refractivity contribution in [3.05, 3.63) is 53.2 Å². The van der Waals surface area contributed by atoms with Gasteiger partial charge in [-0.2, -0.15) is 15.2 Å². The summed E-state index contributed by atoms with van der Waals surface area (Å²) in [5.74, 6) is -1.22. The number of hydrogen-bond donors (Lipinski definition) is 1. The normalized spacial score (nSPS) is 20.5. The Balaban J connectivity index is 1.46. The highest BCUT2D eigenvalue weighted by molar-refractivity contribution is 6.36. The van der Waals surface area contributed by atoms with Crippen LogP contribution in [0.3, 0.4) is 0 Å². The minimum Gasteiger partial charge on any atom is -0.465 e. The first-order valence-corrected chi connectivity index (χ1v) is 15.3. The SMILES string of the molecule is CC(C)N1C[C@H](F)C[C@H]1COc1nc(N2CCN(C(=O)O)[C@@H](CC#N)C2)c2cnc(-c3cccc4ccc(F)c(Cl)c34)c(F)c2n1. The predicted octanol–water partition coefficient (Wildman–Crippen LogP) is 6.06. The van der Waals surface area contributed by atoms with E-state index in [2.05, 4.69) is 15.0 Å². The Hall–Kier alpha value is -4.41. The van der Waals surface area contributed by atoms with E-state index in [4.69, 9.17) is 16.3 Å². The summed E-state index contributed by atoms with van der Waals surface area (Å²) in [5, 5.41) is 20.0. The fourth-order valence-electron chi connectivity index (χ4n) is 6.45. The molecular weight excluding hydrogens is 623 g/mol. The van der Waals surface area contributed by atoms with Gasteiger partial charge in [0.05, 0.1) is 28.9 Å². The summed E-state index contributed by atoms with van der Waals surface area (Å²) in [7, 11) is 0. The number of likely N-dealkylation sites (tertiary alicyclic amines) is 1. The molecular formula is C32H31ClF3N7O3. The molecule has 10 nitrogen and oxygen atoms in total. The molecule has 1 amide bonds. The maximum atomic E-state index is 16.6. The summed E-state index contributed by atoms with van der Waals surface area (Å²) in [6.45, 7) is 4.68. The van der Waals surface area contributed by atoms with Crippen molar-refractivity contribution in [2.75, 3.05) is 37.7 Å². The van der Waals surface area contributed by atoms with Crippen LogP contribution < -0.4 is 9.64 Å². The number of piperazine rings is 1. The number of carboxylic acid groups (broad SMARTS) is 1. The van der Waals surface area contributed by atoms with E-state index in [1.54, 1.807) is 29.2 Å². The van der Waals surface area contributed by atoms with Gasteiger partial charge in [0, 0.05) is 55.4 Å². The second kappa shape index (κ2) is 12.8. The topological polar surface area (TPSA) is 119 Å². The second-order valence-corrected chi connectivity index (χ2v) is 12.2. The highest BCUT2D eigenvalue weighted by Crippen LogP contribution is 2.38. The lowest BCUT2D eigenvalue weighted by molar-refractivity contribution is 0.119. The van der Waals surface area contributed by atoms with Crippen LogP contribution in [0, 0.1) is 23.0 Å². The van der Waals surface area contributed by atoms with Crippen LogP contribution in [0.15, 0.2) is 36.5 Å². The Labute approximate surface area is 268 Å². The number of amides is 1. The minimum absolute atomic E-state index is 0.0541. The lowest BCUT2D eigenvalue weighted by atomic mass is 10.0. The number of hydrogen-bond acceptors (Lipinski definition) is 8. The molecule has 240 valence electrons. The Morgan fingerprint density at radius 2 is 1.98 bits per heavy atom. The second-order valence-electron chi connectivity index (χ2n) is 11.8. The first kappa shape index (κ1) is 31.6. The fraction of sp³-hybridized carbons (Fsp3) is 0.406. The number of halogens is 4. The van der Waals surface area contributed by atoms with Crippen LogP contribution >= 0.6 is 11.6 Å². The number of benzene rings is 2. The maximum Gasteiger partial charge on any atom is 0.407 e. The number of ether oxygens (including phenoxy) is 1. The highest BCUT2D eigenvalue weighted by atomic mass is 35.5. The third kappa shape index (κ3) is 5.83. The summed E-state index contributed by atoms with van der Waals surface area (Å²) < 4.78 is 51.5. The van der Waals surface area contributed by atoms with Crippen molar-refractivity contribution in [1.82, 2.24) is 24.8 Å². The molecule has 46 heavy (non-hydrogen) atoms. The van der Waals surface area contributed by atoms with Crippen LogP contribution in [0.2, 0.25) is 5.02 Å². The number of pyridine rings is 1. The van der Waals surface area contributed by atoms with Crippen LogP contribution in [-0.4, -0.2) is 93.0 Å². The maximum absolute atomic E-state index is 16.6. The van der Waals surface area contributed by atoms with Gasteiger partial charge in [-0.1, -0.05) is 35.9 Å². The van der Waals surface area contributed by atoms with Crippen molar-refractivity contribution in [3.63, 3.8) is 0 Å². The molecule has 4 aromatic rings. The first-order valence-electron chi connectivity index (χ1n) is 14.9. The number of anilines is 1. The Morgan fingerprint density at radius 3 is 2.72 bits per heavy atom. The molecule has 0 unspecified atom stereocenters. The Bertz CT molecular complexity index is 1860. The van der Waals surface area contributed by atoms with E-state index < -0.39 is 29.9 Å². The Morgan fingerprint density at radius 1 is 1.17 bits per heavy atom. The molecule has 0 bridgehead atoms. The molecule has 2 aromatic carbocycles. The molecule has 2 fully saturated rings. The Kier molecular flexibility index (Phi) is 8.76. The molecule has 0 spiro atoms. The summed E-state index contributed by atoms with van der Waals surface area (Å²) in [4.78, 5) is 30.3. The predicted molar refractivity (Wildman–Crippen MR) is 167 cm³/mol. The van der Waals surface area contributed by atoms with Gasteiger partial charge in [-0.05, 0) is 31.7 Å². The molecule has 0 saturated carbocycles. The smallest absolute Gasteiger partial charge is 0.407 e. The van der Waals surface area contributed by atoms with Crippen LogP contribution in [0.4, 0.5) is 23.8 Å². The first-order chi connectivity index (χ1) is 22.1. The van der Waals surface area contributed by atoms with Gasteiger partial charge in [-0.3, -0.25) is 9.88 Å². The third-order valence-corrected chi connectivity index (χ3v) is 9.03. The lowest BCUT2D eigenvalue weighted by Gasteiger charge is -2.39. The molecule has 6 rings (SSSR count). The lowest BCUT2D eigenvalue weighted by Crippen LogP contribution is -2.55. The average molecular weight is 654 g/mol. The molecule has 2 aliphatic heterocycles.